The highest BCUT2D eigenvalue weighted by molar-refractivity contribution is 8.00. The summed E-state index contributed by atoms with van der Waals surface area (Å²) in [4.78, 5) is 23.5. The number of thioether (sulfide) groups is 1. The van der Waals surface area contributed by atoms with Crippen LogP contribution in [0, 0.1) is 5.92 Å². The van der Waals surface area contributed by atoms with Crippen molar-refractivity contribution >= 4 is 23.8 Å². The molecule has 1 aromatic carbocycles. The van der Waals surface area contributed by atoms with Gasteiger partial charge in [-0.2, -0.15) is 11.8 Å². The van der Waals surface area contributed by atoms with Gasteiger partial charge in [-0.25, -0.2) is 4.79 Å². The van der Waals surface area contributed by atoms with Crippen LogP contribution in [0.5, 0.6) is 0 Å². The summed E-state index contributed by atoms with van der Waals surface area (Å²) in [6.07, 6.45) is 3.51. The highest BCUT2D eigenvalue weighted by Crippen LogP contribution is 2.33. The molecule has 3 rings (SSSR count). The fraction of sp³-hybridized carbons (Fsp3) is 0.556. The number of carbonyl (C=O) groups excluding carboxylic acids is 2. The Labute approximate surface area is 146 Å². The summed E-state index contributed by atoms with van der Waals surface area (Å²) < 4.78 is 4.98. The van der Waals surface area contributed by atoms with E-state index in [1.807, 2.05) is 42.1 Å². The van der Waals surface area contributed by atoms with E-state index >= 15 is 0 Å². The number of esters is 1. The predicted molar refractivity (Wildman–Crippen MR) is 95.0 cm³/mol. The number of hydrogen-bond donors (Lipinski definition) is 2. The van der Waals surface area contributed by atoms with Crippen LogP contribution in [0.4, 0.5) is 4.79 Å². The quantitative estimate of drug-likeness (QED) is 0.586. The van der Waals surface area contributed by atoms with Gasteiger partial charge in [-0.15, -0.1) is 0 Å². The second-order valence-electron chi connectivity index (χ2n) is 6.46. The second-order valence-corrected chi connectivity index (χ2v) is 7.73. The van der Waals surface area contributed by atoms with Crippen LogP contribution in [0.1, 0.15) is 24.8 Å². The molecule has 2 aliphatic heterocycles. The lowest BCUT2D eigenvalue weighted by molar-refractivity contribution is -0.145. The third kappa shape index (κ3) is 4.04. The maximum absolute atomic E-state index is 12.1. The topological polar surface area (TPSA) is 67.4 Å². The summed E-state index contributed by atoms with van der Waals surface area (Å²) in [6, 6.07) is 10.5. The van der Waals surface area contributed by atoms with E-state index in [4.69, 9.17) is 4.74 Å². The number of amides is 2. The van der Waals surface area contributed by atoms with Crippen LogP contribution < -0.4 is 10.6 Å². The minimum Gasteiger partial charge on any atom is -0.469 e. The zero-order chi connectivity index (χ0) is 16.9. The van der Waals surface area contributed by atoms with Crippen molar-refractivity contribution in [3.05, 3.63) is 35.9 Å². The Hall–Kier alpha value is -1.69. The van der Waals surface area contributed by atoms with Gasteiger partial charge in [0.1, 0.15) is 0 Å². The normalized spacial score (nSPS) is 26.4. The highest BCUT2D eigenvalue weighted by Gasteiger charge is 2.42. The lowest BCUT2D eigenvalue weighted by atomic mass is 9.93. The molecule has 0 unspecified atom stereocenters. The van der Waals surface area contributed by atoms with Crippen molar-refractivity contribution < 1.29 is 14.3 Å². The third-order valence-corrected chi connectivity index (χ3v) is 6.35. The van der Waals surface area contributed by atoms with E-state index in [9.17, 15) is 9.59 Å². The van der Waals surface area contributed by atoms with Gasteiger partial charge < -0.3 is 15.4 Å². The van der Waals surface area contributed by atoms with Gasteiger partial charge in [0.15, 0.2) is 0 Å². The van der Waals surface area contributed by atoms with Gasteiger partial charge in [0.05, 0.1) is 25.1 Å². The summed E-state index contributed by atoms with van der Waals surface area (Å²) >= 11 is 1.91. The van der Waals surface area contributed by atoms with Crippen molar-refractivity contribution in [3.63, 3.8) is 0 Å². The van der Waals surface area contributed by atoms with Crippen LogP contribution in [-0.2, 0) is 16.0 Å². The van der Waals surface area contributed by atoms with E-state index in [1.165, 1.54) is 7.11 Å². The molecule has 6 heteroatoms. The minimum absolute atomic E-state index is 0.0492. The number of fused-ring (bicyclic) bond motifs is 1. The van der Waals surface area contributed by atoms with Gasteiger partial charge in [-0.3, -0.25) is 4.79 Å². The van der Waals surface area contributed by atoms with Crippen LogP contribution in [0.15, 0.2) is 30.3 Å². The first kappa shape index (κ1) is 17.1. The zero-order valence-electron chi connectivity index (χ0n) is 13.9. The van der Waals surface area contributed by atoms with Crippen molar-refractivity contribution in [2.24, 2.45) is 5.92 Å². The molecule has 0 radical (unpaired) electrons. The number of urea groups is 1. The van der Waals surface area contributed by atoms with Crippen molar-refractivity contribution in [1.82, 2.24) is 10.6 Å². The number of nitrogens with one attached hydrogen (secondary N) is 2. The summed E-state index contributed by atoms with van der Waals surface area (Å²) in [5.41, 5.74) is 1.16. The van der Waals surface area contributed by atoms with E-state index in [2.05, 4.69) is 10.6 Å². The van der Waals surface area contributed by atoms with E-state index in [-0.39, 0.29) is 30.0 Å². The van der Waals surface area contributed by atoms with E-state index in [0.717, 1.165) is 37.0 Å². The molecule has 0 spiro atoms. The molecule has 2 aliphatic rings. The van der Waals surface area contributed by atoms with E-state index < -0.39 is 0 Å². The SMILES string of the molecule is COC(=O)[C@H](CCC[C@@H]1SC[C@@H]2NC(=O)N[C@@H]21)Cc1ccccc1. The molecule has 1 aromatic rings. The van der Waals surface area contributed by atoms with Crippen LogP contribution in [-0.4, -0.2) is 42.2 Å². The largest absolute Gasteiger partial charge is 0.469 e. The molecule has 2 fully saturated rings. The van der Waals surface area contributed by atoms with Gasteiger partial charge in [-0.1, -0.05) is 36.8 Å². The van der Waals surface area contributed by atoms with Crippen molar-refractivity contribution in [2.75, 3.05) is 12.9 Å². The van der Waals surface area contributed by atoms with Crippen LogP contribution >= 0.6 is 11.8 Å². The maximum Gasteiger partial charge on any atom is 0.315 e. The number of benzene rings is 1. The number of rotatable bonds is 7. The Morgan fingerprint density at radius 3 is 2.88 bits per heavy atom. The van der Waals surface area contributed by atoms with Crippen LogP contribution in [0.2, 0.25) is 0 Å². The van der Waals surface area contributed by atoms with Gasteiger partial charge >= 0.3 is 12.0 Å². The maximum atomic E-state index is 12.1. The molecule has 5 nitrogen and oxygen atoms in total. The van der Waals surface area contributed by atoms with Crippen LogP contribution in [0.25, 0.3) is 0 Å². The Morgan fingerprint density at radius 1 is 1.33 bits per heavy atom. The average Bonchev–Trinajstić information content (AvgIpc) is 3.14. The molecule has 4 atom stereocenters. The van der Waals surface area contributed by atoms with Crippen molar-refractivity contribution in [1.29, 1.82) is 0 Å². The molecule has 130 valence electrons. The molecule has 2 saturated heterocycles. The third-order valence-electron chi connectivity index (χ3n) is 4.84. The van der Waals surface area contributed by atoms with Crippen LogP contribution in [0.3, 0.4) is 0 Å². The first-order valence-electron chi connectivity index (χ1n) is 8.47. The summed E-state index contributed by atoms with van der Waals surface area (Å²) in [6.45, 7) is 0. The molecule has 0 saturated carbocycles. The molecular weight excluding hydrogens is 324 g/mol. The molecular formula is C18H24N2O3S. The summed E-state index contributed by atoms with van der Waals surface area (Å²) in [5.74, 6) is 0.737. The summed E-state index contributed by atoms with van der Waals surface area (Å²) in [7, 11) is 1.46. The first-order valence-corrected chi connectivity index (χ1v) is 9.52. The smallest absolute Gasteiger partial charge is 0.315 e. The molecule has 2 heterocycles. The standard InChI is InChI=1S/C18H24N2O3S/c1-23-17(21)13(10-12-6-3-2-4-7-12)8-5-9-15-16-14(11-24-15)19-18(22)20-16/h2-4,6-7,13-16H,5,8-11H2,1H3,(H2,19,20,22)/t13-,14+,15+,16+/m1/s1. The molecule has 2 N–H and O–H groups in total. The number of methoxy groups -OCH3 is 1. The van der Waals surface area contributed by atoms with E-state index in [1.54, 1.807) is 0 Å². The second kappa shape index (κ2) is 7.92. The van der Waals surface area contributed by atoms with Crippen molar-refractivity contribution in [2.45, 2.75) is 43.0 Å². The average molecular weight is 348 g/mol. The summed E-state index contributed by atoms with van der Waals surface area (Å²) in [5, 5.41) is 6.41. The molecule has 0 bridgehead atoms. The van der Waals surface area contributed by atoms with Crippen molar-refractivity contribution in [3.8, 4) is 0 Å². The highest BCUT2D eigenvalue weighted by atomic mass is 32.2. The molecule has 0 aliphatic carbocycles. The Morgan fingerprint density at radius 2 is 2.12 bits per heavy atom. The lowest BCUT2D eigenvalue weighted by Gasteiger charge is -2.19. The number of hydrogen-bond acceptors (Lipinski definition) is 4. The van der Waals surface area contributed by atoms with E-state index in [0.29, 0.717) is 5.25 Å². The fourth-order valence-electron chi connectivity index (χ4n) is 3.58. The van der Waals surface area contributed by atoms with Gasteiger partial charge in [0.25, 0.3) is 0 Å². The Kier molecular flexibility index (Phi) is 5.66. The number of ether oxygens (including phenoxy) is 1. The zero-order valence-corrected chi connectivity index (χ0v) is 14.7. The number of carbonyl (C=O) groups is 2. The predicted octanol–water partition coefficient (Wildman–Crippen LogP) is 2.35. The fourth-order valence-corrected chi connectivity index (χ4v) is 5.12. The minimum atomic E-state index is -0.133. The molecule has 0 aromatic heterocycles. The Bertz CT molecular complexity index is 581. The van der Waals surface area contributed by atoms with Gasteiger partial charge in [0, 0.05) is 11.0 Å². The first-order chi connectivity index (χ1) is 11.7. The molecule has 24 heavy (non-hydrogen) atoms. The monoisotopic (exact) mass is 348 g/mol. The molecule has 2 amide bonds. The van der Waals surface area contributed by atoms with Gasteiger partial charge in [-0.05, 0) is 24.8 Å². The lowest BCUT2D eigenvalue weighted by Crippen LogP contribution is -2.36. The van der Waals surface area contributed by atoms with Gasteiger partial charge in [0.2, 0.25) is 0 Å². The Balaban J connectivity index is 1.50.